The summed E-state index contributed by atoms with van der Waals surface area (Å²) in [5, 5.41) is 19.3. The van der Waals surface area contributed by atoms with Gasteiger partial charge in [0.2, 0.25) is 0 Å². The summed E-state index contributed by atoms with van der Waals surface area (Å²) >= 11 is 0. The van der Waals surface area contributed by atoms with E-state index in [1.165, 1.54) is 0 Å². The Bertz CT molecular complexity index is 1370. The largest absolute Gasteiger partial charge is 0.494 e. The molecule has 0 bridgehead atoms. The molecule has 0 aliphatic heterocycles. The molecule has 190 valence electrons. The van der Waals surface area contributed by atoms with E-state index < -0.39 is 11.9 Å². The monoisotopic (exact) mass is 499 g/mol. The predicted molar refractivity (Wildman–Crippen MR) is 143 cm³/mol. The second-order valence-electron chi connectivity index (χ2n) is 8.61. The summed E-state index contributed by atoms with van der Waals surface area (Å²) in [6.45, 7) is 1.01. The van der Waals surface area contributed by atoms with Crippen LogP contribution in [0.1, 0.15) is 29.5 Å². The smallest absolute Gasteiger partial charge is 0.323 e. The molecule has 0 fully saturated rings. The highest BCUT2D eigenvalue weighted by Crippen LogP contribution is 2.27. The van der Waals surface area contributed by atoms with Gasteiger partial charge in [0.1, 0.15) is 18.0 Å². The second kappa shape index (κ2) is 12.4. The number of carboxylic acid groups (broad SMARTS) is 2. The highest BCUT2D eigenvalue weighted by molar-refractivity contribution is 5.95. The second-order valence-corrected chi connectivity index (χ2v) is 8.61. The normalized spacial score (nSPS) is 11.1. The fourth-order valence-electron chi connectivity index (χ4n) is 4.13. The quantitative estimate of drug-likeness (QED) is 0.179. The molecule has 0 saturated heterocycles. The molecular formula is C30H29NO6. The number of nitrogens with zero attached hydrogens (tertiary/aromatic N) is 1. The van der Waals surface area contributed by atoms with Gasteiger partial charge in [-0.25, -0.2) is 0 Å². The van der Waals surface area contributed by atoms with Crippen LogP contribution >= 0.6 is 0 Å². The zero-order valence-electron chi connectivity index (χ0n) is 20.4. The van der Waals surface area contributed by atoms with Gasteiger partial charge in [-0.05, 0) is 53.8 Å². The summed E-state index contributed by atoms with van der Waals surface area (Å²) in [6.07, 6.45) is 7.08. The van der Waals surface area contributed by atoms with Crippen LogP contribution in [0.15, 0.2) is 79.0 Å². The van der Waals surface area contributed by atoms with Gasteiger partial charge in [0.15, 0.2) is 0 Å². The summed E-state index contributed by atoms with van der Waals surface area (Å²) < 4.78 is 13.1. The van der Waals surface area contributed by atoms with Crippen LogP contribution in [0.25, 0.3) is 23.1 Å². The first-order chi connectivity index (χ1) is 18.0. The molecule has 0 spiro atoms. The molecule has 7 nitrogen and oxygen atoms in total. The van der Waals surface area contributed by atoms with Crippen LogP contribution in [-0.4, -0.2) is 39.9 Å². The van der Waals surface area contributed by atoms with Gasteiger partial charge in [0, 0.05) is 11.6 Å². The molecule has 1 heterocycles. The van der Waals surface area contributed by atoms with Crippen molar-refractivity contribution in [2.45, 2.75) is 25.8 Å². The number of ether oxygens (including phenoxy) is 2. The lowest BCUT2D eigenvalue weighted by atomic mass is 10.1. The van der Waals surface area contributed by atoms with Gasteiger partial charge in [0.05, 0.1) is 25.2 Å². The molecule has 0 atom stereocenters. The van der Waals surface area contributed by atoms with E-state index in [4.69, 9.17) is 9.47 Å². The SMILES string of the molecule is O=C(O)Cc1cn(CC(=O)O)c2c(C=Cc3ccc(OCCCCOc4ccccc4)cc3)cccc12. The molecule has 2 N–H and O–H groups in total. The van der Waals surface area contributed by atoms with Crippen LogP contribution in [0, 0.1) is 0 Å². The Kier molecular flexibility index (Phi) is 8.60. The van der Waals surface area contributed by atoms with Crippen molar-refractivity contribution in [2.24, 2.45) is 0 Å². The molecule has 4 rings (SSSR count). The average Bonchev–Trinajstić information content (AvgIpc) is 3.22. The predicted octanol–water partition coefficient (Wildman–Crippen LogP) is 5.76. The van der Waals surface area contributed by atoms with Crippen molar-refractivity contribution in [3.05, 3.63) is 95.7 Å². The van der Waals surface area contributed by atoms with Crippen molar-refractivity contribution in [3.8, 4) is 11.5 Å². The maximum atomic E-state index is 11.4. The van der Waals surface area contributed by atoms with E-state index in [-0.39, 0.29) is 13.0 Å². The first kappa shape index (κ1) is 25.6. The maximum absolute atomic E-state index is 11.4. The van der Waals surface area contributed by atoms with Crippen molar-refractivity contribution < 1.29 is 29.3 Å². The van der Waals surface area contributed by atoms with Crippen LogP contribution in [0.4, 0.5) is 0 Å². The number of hydrogen-bond acceptors (Lipinski definition) is 4. The Balaban J connectivity index is 1.36. The standard InChI is InChI=1S/C30H29NO6/c32-28(33)19-24-20-31(21-29(34)35)30-23(7-6-10-27(24)30)14-11-22-12-15-26(16-13-22)37-18-5-4-17-36-25-8-2-1-3-9-25/h1-3,6-16,20H,4-5,17-19,21H2,(H,32,33)(H,34,35). The first-order valence-corrected chi connectivity index (χ1v) is 12.1. The third-order valence-corrected chi connectivity index (χ3v) is 5.81. The zero-order chi connectivity index (χ0) is 26.0. The third-order valence-electron chi connectivity index (χ3n) is 5.81. The van der Waals surface area contributed by atoms with Gasteiger partial charge in [-0.15, -0.1) is 0 Å². The summed E-state index contributed by atoms with van der Waals surface area (Å²) in [6, 6.07) is 23.0. The van der Waals surface area contributed by atoms with Crippen LogP contribution in [-0.2, 0) is 22.6 Å². The van der Waals surface area contributed by atoms with Gasteiger partial charge >= 0.3 is 11.9 Å². The van der Waals surface area contributed by atoms with Gasteiger partial charge in [-0.2, -0.15) is 0 Å². The van der Waals surface area contributed by atoms with Crippen molar-refractivity contribution in [3.63, 3.8) is 0 Å². The molecule has 0 radical (unpaired) electrons. The number of unbranched alkanes of at least 4 members (excludes halogenated alkanes) is 1. The molecule has 0 aliphatic rings. The minimum absolute atomic E-state index is 0.169. The van der Waals surface area contributed by atoms with E-state index >= 15 is 0 Å². The third kappa shape index (κ3) is 7.24. The lowest BCUT2D eigenvalue weighted by Crippen LogP contribution is -2.08. The van der Waals surface area contributed by atoms with Crippen LogP contribution < -0.4 is 9.47 Å². The number of para-hydroxylation sites is 2. The molecule has 4 aromatic rings. The summed E-state index contributed by atoms with van der Waals surface area (Å²) in [5.74, 6) is -0.286. The number of benzene rings is 3. The molecular weight excluding hydrogens is 470 g/mol. The lowest BCUT2D eigenvalue weighted by molar-refractivity contribution is -0.138. The van der Waals surface area contributed by atoms with E-state index in [0.717, 1.165) is 40.9 Å². The minimum atomic E-state index is -0.989. The molecule has 0 aliphatic carbocycles. The maximum Gasteiger partial charge on any atom is 0.323 e. The van der Waals surface area contributed by atoms with Gasteiger partial charge in [-0.3, -0.25) is 9.59 Å². The number of rotatable bonds is 13. The number of fused-ring (bicyclic) bond motifs is 1. The molecule has 7 heteroatoms. The van der Waals surface area contributed by atoms with Crippen LogP contribution in [0.3, 0.4) is 0 Å². The molecule has 3 aromatic carbocycles. The van der Waals surface area contributed by atoms with Crippen molar-refractivity contribution in [2.75, 3.05) is 13.2 Å². The lowest BCUT2D eigenvalue weighted by Gasteiger charge is -2.08. The number of hydrogen-bond donors (Lipinski definition) is 2. The highest BCUT2D eigenvalue weighted by atomic mass is 16.5. The fraction of sp³-hybridized carbons (Fsp3) is 0.200. The average molecular weight is 500 g/mol. The topological polar surface area (TPSA) is 98.0 Å². The fourth-order valence-corrected chi connectivity index (χ4v) is 4.13. The Hall–Kier alpha value is -4.52. The molecule has 37 heavy (non-hydrogen) atoms. The molecule has 1 aromatic heterocycles. The summed E-state index contributed by atoms with van der Waals surface area (Å²) in [4.78, 5) is 22.7. The Morgan fingerprint density at radius 1 is 0.757 bits per heavy atom. The van der Waals surface area contributed by atoms with Gasteiger partial charge < -0.3 is 24.3 Å². The molecule has 0 unspecified atom stereocenters. The Morgan fingerprint density at radius 3 is 2.08 bits per heavy atom. The van der Waals surface area contributed by atoms with E-state index in [1.54, 1.807) is 10.8 Å². The van der Waals surface area contributed by atoms with E-state index in [0.29, 0.717) is 24.3 Å². The van der Waals surface area contributed by atoms with Gasteiger partial charge in [-0.1, -0.05) is 60.7 Å². The summed E-state index contributed by atoms with van der Waals surface area (Å²) in [5.41, 5.74) is 3.07. The van der Waals surface area contributed by atoms with Gasteiger partial charge in [0.25, 0.3) is 0 Å². The first-order valence-electron chi connectivity index (χ1n) is 12.1. The van der Waals surface area contributed by atoms with Crippen molar-refractivity contribution in [1.29, 1.82) is 0 Å². The zero-order valence-corrected chi connectivity index (χ0v) is 20.4. The molecule has 0 amide bonds. The van der Waals surface area contributed by atoms with Crippen molar-refractivity contribution >= 4 is 35.0 Å². The Morgan fingerprint density at radius 2 is 1.43 bits per heavy atom. The molecule has 0 saturated carbocycles. The van der Waals surface area contributed by atoms with E-state index in [9.17, 15) is 19.8 Å². The minimum Gasteiger partial charge on any atom is -0.494 e. The summed E-state index contributed by atoms with van der Waals surface area (Å²) in [7, 11) is 0. The number of aromatic nitrogens is 1. The van der Waals surface area contributed by atoms with Crippen LogP contribution in [0.5, 0.6) is 11.5 Å². The number of carboxylic acids is 2. The van der Waals surface area contributed by atoms with E-state index in [2.05, 4.69) is 0 Å². The Labute approximate surface area is 215 Å². The van der Waals surface area contributed by atoms with E-state index in [1.807, 2.05) is 84.9 Å². The van der Waals surface area contributed by atoms with Crippen LogP contribution in [0.2, 0.25) is 0 Å². The highest BCUT2D eigenvalue weighted by Gasteiger charge is 2.15. The van der Waals surface area contributed by atoms with Crippen molar-refractivity contribution in [1.82, 2.24) is 4.57 Å². The number of aliphatic carboxylic acids is 2. The number of carbonyl (C=O) groups is 2.